The minimum absolute atomic E-state index is 1.12. The minimum atomic E-state index is 1.12. The van der Waals surface area contributed by atoms with Gasteiger partial charge in [-0.15, -0.1) is 0 Å². The summed E-state index contributed by atoms with van der Waals surface area (Å²) in [5.41, 5.74) is 4.13. The van der Waals surface area contributed by atoms with Crippen LogP contribution in [-0.2, 0) is 0 Å². The molecule has 1 rings (SSSR count). The van der Waals surface area contributed by atoms with Gasteiger partial charge in [-0.2, -0.15) is 0 Å². The van der Waals surface area contributed by atoms with Crippen LogP contribution in [0.5, 0.6) is 0 Å². The van der Waals surface area contributed by atoms with Crippen molar-refractivity contribution >= 4 is 16.1 Å². The topological polar surface area (TPSA) is 3.24 Å². The van der Waals surface area contributed by atoms with Crippen LogP contribution in [0.1, 0.15) is 24.5 Å². The Hall–Kier alpha value is -0.763. The minimum Gasteiger partial charge on any atom is -0.406 e. The van der Waals surface area contributed by atoms with Crippen molar-refractivity contribution in [2.24, 2.45) is 0 Å². The van der Waals surface area contributed by atoms with Crippen LogP contribution in [0.15, 0.2) is 18.2 Å². The summed E-state index contributed by atoms with van der Waals surface area (Å²) < 4.78 is 2.44. The van der Waals surface area contributed by atoms with E-state index in [4.69, 9.17) is 0 Å². The average molecular weight is 193 g/mol. The zero-order valence-electron chi connectivity index (χ0n) is 9.09. The van der Waals surface area contributed by atoms with E-state index in [-0.39, 0.29) is 0 Å². The molecule has 2 heteroatoms. The summed E-state index contributed by atoms with van der Waals surface area (Å²) in [5.74, 6) is 0. The molecule has 0 heterocycles. The molecule has 0 saturated carbocycles. The van der Waals surface area contributed by atoms with Gasteiger partial charge in [-0.25, -0.2) is 0 Å². The van der Waals surface area contributed by atoms with Crippen LogP contribution in [-0.4, -0.2) is 16.9 Å². The highest BCUT2D eigenvalue weighted by atomic mass is 28.2. The monoisotopic (exact) mass is 193 g/mol. The molecule has 0 aliphatic heterocycles. The lowest BCUT2D eigenvalue weighted by Crippen LogP contribution is -2.19. The highest BCUT2D eigenvalue weighted by molar-refractivity contribution is 6.17. The summed E-state index contributed by atoms with van der Waals surface area (Å²) in [5, 5.41) is 0. The van der Waals surface area contributed by atoms with E-state index >= 15 is 0 Å². The number of hydrogen-bond acceptors (Lipinski definition) is 1. The normalized spacial score (nSPS) is 10.4. The number of hydrogen-bond donors (Lipinski definition) is 0. The lowest BCUT2D eigenvalue weighted by atomic mass is 10.1. The summed E-state index contributed by atoms with van der Waals surface area (Å²) in [6, 6.07) is 6.77. The zero-order chi connectivity index (χ0) is 9.84. The third kappa shape index (κ3) is 2.88. The second-order valence-electron chi connectivity index (χ2n) is 3.77. The van der Waals surface area contributed by atoms with Gasteiger partial charge < -0.3 is 4.57 Å². The Bertz CT molecular complexity index is 263. The van der Waals surface area contributed by atoms with Gasteiger partial charge >= 0.3 is 0 Å². The van der Waals surface area contributed by atoms with Crippen molar-refractivity contribution in [3.05, 3.63) is 29.3 Å². The first-order chi connectivity index (χ1) is 6.13. The van der Waals surface area contributed by atoms with Gasteiger partial charge in [-0.1, -0.05) is 13.0 Å². The molecule has 0 aliphatic rings. The number of nitrogens with zero attached hydrogens (tertiary/aromatic N) is 1. The number of rotatable bonds is 3. The van der Waals surface area contributed by atoms with E-state index in [1.807, 2.05) is 0 Å². The predicted octanol–water partition coefficient (Wildman–Crippen LogP) is 1.80. The van der Waals surface area contributed by atoms with Gasteiger partial charge in [0.05, 0.1) is 0 Å². The fourth-order valence-electron chi connectivity index (χ4n) is 1.64. The lowest BCUT2D eigenvalue weighted by Gasteiger charge is -2.20. The molecular weight excluding hydrogens is 174 g/mol. The largest absolute Gasteiger partial charge is 0.406 e. The second kappa shape index (κ2) is 4.47. The predicted molar refractivity (Wildman–Crippen MR) is 63.5 cm³/mol. The van der Waals surface area contributed by atoms with E-state index in [1.165, 1.54) is 29.8 Å². The molecule has 0 spiro atoms. The molecule has 0 fully saturated rings. The Morgan fingerprint density at radius 2 is 1.69 bits per heavy atom. The molecular formula is C11H19NSi. The van der Waals surface area contributed by atoms with E-state index in [0.717, 1.165) is 10.4 Å². The van der Waals surface area contributed by atoms with Crippen LogP contribution in [0.4, 0.5) is 5.69 Å². The number of benzene rings is 1. The van der Waals surface area contributed by atoms with Gasteiger partial charge in [0.25, 0.3) is 0 Å². The molecule has 0 aliphatic carbocycles. The molecule has 0 N–H and O–H groups in total. The maximum atomic E-state index is 2.44. The Balaban J connectivity index is 2.87. The highest BCUT2D eigenvalue weighted by Gasteiger charge is 1.99. The van der Waals surface area contributed by atoms with E-state index in [2.05, 4.69) is 43.5 Å². The summed E-state index contributed by atoms with van der Waals surface area (Å²) in [6.45, 7) is 7.75. The molecule has 0 aromatic heterocycles. The van der Waals surface area contributed by atoms with E-state index < -0.39 is 0 Å². The second-order valence-corrected chi connectivity index (χ2v) is 4.85. The highest BCUT2D eigenvalue weighted by Crippen LogP contribution is 2.16. The van der Waals surface area contributed by atoms with Crippen molar-refractivity contribution in [1.29, 1.82) is 0 Å². The number of aryl methyl sites for hydroxylation is 2. The molecule has 1 aromatic carbocycles. The molecule has 0 unspecified atom stereocenters. The van der Waals surface area contributed by atoms with Gasteiger partial charge in [0.1, 0.15) is 10.4 Å². The summed E-state index contributed by atoms with van der Waals surface area (Å²) in [4.78, 5) is 0. The molecule has 0 amide bonds. The maximum absolute atomic E-state index is 2.44. The standard InChI is InChI=1S/C11H19NSi/c1-4-5-12(13)11-7-9(2)6-10(3)8-11/h6-8H,4-5H2,1-3,13H3. The van der Waals surface area contributed by atoms with E-state index in [1.54, 1.807) is 0 Å². The zero-order valence-corrected chi connectivity index (χ0v) is 11.1. The first-order valence-corrected chi connectivity index (χ1v) is 5.82. The Morgan fingerprint density at radius 3 is 2.15 bits per heavy atom. The molecule has 1 aromatic rings. The average Bonchev–Trinajstić information content (AvgIpc) is 2.03. The van der Waals surface area contributed by atoms with Gasteiger partial charge in [-0.3, -0.25) is 0 Å². The molecule has 0 saturated heterocycles. The van der Waals surface area contributed by atoms with Crippen LogP contribution in [0.3, 0.4) is 0 Å². The van der Waals surface area contributed by atoms with Crippen LogP contribution in [0.25, 0.3) is 0 Å². The van der Waals surface area contributed by atoms with Crippen LogP contribution in [0, 0.1) is 13.8 Å². The van der Waals surface area contributed by atoms with Crippen molar-refractivity contribution in [2.75, 3.05) is 11.1 Å². The van der Waals surface area contributed by atoms with Crippen LogP contribution in [0.2, 0.25) is 0 Å². The molecule has 0 bridgehead atoms. The summed E-state index contributed by atoms with van der Waals surface area (Å²) >= 11 is 0. The third-order valence-electron chi connectivity index (χ3n) is 2.21. The van der Waals surface area contributed by atoms with Crippen molar-refractivity contribution in [3.8, 4) is 0 Å². The SMILES string of the molecule is CCCN([SiH3])c1cc(C)cc(C)c1. The molecule has 72 valence electrons. The first kappa shape index (κ1) is 10.3. The van der Waals surface area contributed by atoms with Crippen molar-refractivity contribution < 1.29 is 0 Å². The molecule has 1 nitrogen and oxygen atoms in total. The quantitative estimate of drug-likeness (QED) is 0.662. The Kier molecular flexibility index (Phi) is 3.55. The van der Waals surface area contributed by atoms with E-state index in [9.17, 15) is 0 Å². The lowest BCUT2D eigenvalue weighted by molar-refractivity contribution is 0.922. The van der Waals surface area contributed by atoms with Crippen LogP contribution < -0.4 is 4.57 Å². The van der Waals surface area contributed by atoms with Crippen molar-refractivity contribution in [3.63, 3.8) is 0 Å². The van der Waals surface area contributed by atoms with Gasteiger partial charge in [-0.05, 0) is 43.5 Å². The van der Waals surface area contributed by atoms with Gasteiger partial charge in [0, 0.05) is 12.2 Å². The number of anilines is 1. The van der Waals surface area contributed by atoms with Crippen molar-refractivity contribution in [1.82, 2.24) is 0 Å². The molecule has 13 heavy (non-hydrogen) atoms. The van der Waals surface area contributed by atoms with Crippen molar-refractivity contribution in [2.45, 2.75) is 27.2 Å². The molecule has 0 atom stereocenters. The first-order valence-electron chi connectivity index (χ1n) is 4.93. The maximum Gasteiger partial charge on any atom is 0.107 e. The van der Waals surface area contributed by atoms with Crippen LogP contribution >= 0.6 is 0 Å². The smallest absolute Gasteiger partial charge is 0.107 e. The summed E-state index contributed by atoms with van der Waals surface area (Å²) in [6.07, 6.45) is 1.23. The Labute approximate surface area is 84.3 Å². The van der Waals surface area contributed by atoms with Gasteiger partial charge in [0.15, 0.2) is 0 Å². The van der Waals surface area contributed by atoms with E-state index in [0.29, 0.717) is 0 Å². The Morgan fingerprint density at radius 1 is 1.15 bits per heavy atom. The fourth-order valence-corrected chi connectivity index (χ4v) is 2.34. The van der Waals surface area contributed by atoms with Gasteiger partial charge in [0.2, 0.25) is 0 Å². The molecule has 0 radical (unpaired) electrons. The third-order valence-corrected chi connectivity index (χ3v) is 3.17. The summed E-state index contributed by atoms with van der Waals surface area (Å²) in [7, 11) is 1.12. The fraction of sp³-hybridized carbons (Fsp3) is 0.455.